The molecule has 24 heavy (non-hydrogen) atoms. The number of ether oxygens (including phenoxy) is 1. The Morgan fingerprint density at radius 1 is 1.29 bits per heavy atom. The van der Waals surface area contributed by atoms with Crippen LogP contribution in [0.4, 0.5) is 0 Å². The first-order valence-electron chi connectivity index (χ1n) is 7.85. The van der Waals surface area contributed by atoms with Gasteiger partial charge in [0, 0.05) is 5.56 Å². The molecule has 128 valence electrons. The number of esters is 1. The molecule has 2 aromatic rings. The van der Waals surface area contributed by atoms with Crippen LogP contribution in [-0.4, -0.2) is 29.5 Å². The highest BCUT2D eigenvalue weighted by molar-refractivity contribution is 7.17. The molecule has 1 N–H and O–H groups in total. The van der Waals surface area contributed by atoms with E-state index in [9.17, 15) is 9.59 Å². The second-order valence-corrected chi connectivity index (χ2v) is 6.83. The van der Waals surface area contributed by atoms with Crippen molar-refractivity contribution in [2.75, 3.05) is 7.11 Å². The van der Waals surface area contributed by atoms with Gasteiger partial charge in [0.2, 0.25) is 0 Å². The number of benzene rings is 1. The summed E-state index contributed by atoms with van der Waals surface area (Å²) in [5.74, 6) is -0.739. The molecule has 0 aliphatic rings. The highest BCUT2D eigenvalue weighted by Crippen LogP contribution is 2.28. The van der Waals surface area contributed by atoms with Crippen molar-refractivity contribution in [3.8, 4) is 10.6 Å². The Labute approximate surface area is 146 Å². The number of methoxy groups -OCH3 is 1. The summed E-state index contributed by atoms with van der Waals surface area (Å²) < 4.78 is 4.84. The van der Waals surface area contributed by atoms with Gasteiger partial charge in [-0.3, -0.25) is 4.79 Å². The maximum absolute atomic E-state index is 12.7. The van der Waals surface area contributed by atoms with Gasteiger partial charge >= 0.3 is 5.97 Å². The number of nitrogens with one attached hydrogen (secondary N) is 1. The molecule has 0 fully saturated rings. The van der Waals surface area contributed by atoms with Crippen LogP contribution in [0.2, 0.25) is 0 Å². The number of carbonyl (C=O) groups excluding carboxylic acids is 2. The van der Waals surface area contributed by atoms with E-state index in [0.29, 0.717) is 17.0 Å². The van der Waals surface area contributed by atoms with Crippen molar-refractivity contribution >= 4 is 23.2 Å². The smallest absolute Gasteiger partial charge is 0.331 e. The minimum Gasteiger partial charge on any atom is -0.467 e. The van der Waals surface area contributed by atoms with E-state index >= 15 is 0 Å². The Kier molecular flexibility index (Phi) is 5.72. The van der Waals surface area contributed by atoms with Crippen LogP contribution in [0.15, 0.2) is 30.3 Å². The molecule has 0 spiro atoms. The normalized spacial score (nSPS) is 13.2. The molecule has 0 aliphatic carbocycles. The lowest BCUT2D eigenvalue weighted by molar-refractivity contribution is -0.147. The van der Waals surface area contributed by atoms with E-state index in [0.717, 1.165) is 17.0 Å². The predicted octanol–water partition coefficient (Wildman–Crippen LogP) is 3.58. The van der Waals surface area contributed by atoms with Gasteiger partial charge in [-0.1, -0.05) is 43.7 Å². The molecule has 1 aromatic heterocycles. The Bertz CT molecular complexity index is 727. The van der Waals surface area contributed by atoms with Crippen LogP contribution in [-0.2, 0) is 9.53 Å². The van der Waals surface area contributed by atoms with Gasteiger partial charge in [-0.05, 0) is 20.3 Å². The number of hydrogen-bond acceptors (Lipinski definition) is 5. The summed E-state index contributed by atoms with van der Waals surface area (Å²) in [4.78, 5) is 29.7. The zero-order valence-corrected chi connectivity index (χ0v) is 15.2. The van der Waals surface area contributed by atoms with Crippen molar-refractivity contribution in [1.29, 1.82) is 0 Å². The van der Waals surface area contributed by atoms with Gasteiger partial charge in [0.15, 0.2) is 0 Å². The molecule has 0 bridgehead atoms. The van der Waals surface area contributed by atoms with Gasteiger partial charge in [0.1, 0.15) is 15.4 Å². The summed E-state index contributed by atoms with van der Waals surface area (Å²) in [5, 5.41) is 3.61. The second-order valence-electron chi connectivity index (χ2n) is 5.83. The third-order valence-corrected chi connectivity index (χ3v) is 5.00. The molecule has 1 atom stereocenters. The Morgan fingerprint density at radius 2 is 1.96 bits per heavy atom. The first-order chi connectivity index (χ1) is 11.4. The summed E-state index contributed by atoms with van der Waals surface area (Å²) >= 11 is 1.32. The first-order valence-corrected chi connectivity index (χ1v) is 8.66. The predicted molar refractivity (Wildman–Crippen MR) is 95.1 cm³/mol. The number of aryl methyl sites for hydroxylation is 1. The quantitative estimate of drug-likeness (QED) is 0.812. The van der Waals surface area contributed by atoms with Gasteiger partial charge < -0.3 is 10.1 Å². The summed E-state index contributed by atoms with van der Waals surface area (Å²) in [6, 6.07) is 9.71. The van der Waals surface area contributed by atoms with E-state index in [1.807, 2.05) is 37.3 Å². The molecule has 1 unspecified atom stereocenters. The largest absolute Gasteiger partial charge is 0.467 e. The molecule has 0 saturated heterocycles. The molecule has 1 aromatic carbocycles. The van der Waals surface area contributed by atoms with Crippen molar-refractivity contribution < 1.29 is 14.3 Å². The van der Waals surface area contributed by atoms with Gasteiger partial charge in [-0.15, -0.1) is 11.3 Å². The topological polar surface area (TPSA) is 68.3 Å². The maximum atomic E-state index is 12.7. The lowest BCUT2D eigenvalue weighted by Gasteiger charge is -2.27. The summed E-state index contributed by atoms with van der Waals surface area (Å²) in [6.45, 7) is 5.45. The molecule has 6 heteroatoms. The molecule has 1 amide bonds. The van der Waals surface area contributed by atoms with Crippen molar-refractivity contribution in [2.24, 2.45) is 0 Å². The molecule has 0 aliphatic heterocycles. The van der Waals surface area contributed by atoms with Crippen LogP contribution < -0.4 is 5.32 Å². The Hall–Kier alpha value is -2.21. The number of thiazole rings is 1. The zero-order valence-electron chi connectivity index (χ0n) is 14.4. The van der Waals surface area contributed by atoms with Gasteiger partial charge in [-0.2, -0.15) is 0 Å². The number of rotatable bonds is 6. The zero-order chi connectivity index (χ0) is 17.7. The van der Waals surface area contributed by atoms with E-state index in [1.165, 1.54) is 18.4 Å². The summed E-state index contributed by atoms with van der Waals surface area (Å²) in [7, 11) is 1.33. The van der Waals surface area contributed by atoms with E-state index in [-0.39, 0.29) is 5.91 Å². The molecule has 0 radical (unpaired) electrons. The van der Waals surface area contributed by atoms with Gasteiger partial charge in [0.25, 0.3) is 5.91 Å². The average Bonchev–Trinajstić information content (AvgIpc) is 2.97. The van der Waals surface area contributed by atoms with E-state index in [4.69, 9.17) is 4.74 Å². The highest BCUT2D eigenvalue weighted by Gasteiger charge is 2.36. The average molecular weight is 346 g/mol. The van der Waals surface area contributed by atoms with Crippen molar-refractivity contribution in [3.05, 3.63) is 40.9 Å². The molecule has 5 nitrogen and oxygen atoms in total. The summed E-state index contributed by atoms with van der Waals surface area (Å²) in [5.41, 5.74) is 0.582. The number of amides is 1. The first kappa shape index (κ1) is 18.1. The van der Waals surface area contributed by atoms with Gasteiger partial charge in [0.05, 0.1) is 12.8 Å². The molecule has 1 heterocycles. The molecule has 2 rings (SSSR count). The Morgan fingerprint density at radius 3 is 2.54 bits per heavy atom. The van der Waals surface area contributed by atoms with Crippen LogP contribution in [0.25, 0.3) is 10.6 Å². The monoisotopic (exact) mass is 346 g/mol. The lowest BCUT2D eigenvalue weighted by atomic mass is 9.96. The lowest BCUT2D eigenvalue weighted by Crippen LogP contribution is -2.52. The SMILES string of the molecule is CCCC(C)(NC(=O)c1sc(-c2ccccc2)nc1C)C(=O)OC. The van der Waals surface area contributed by atoms with Gasteiger partial charge in [-0.25, -0.2) is 9.78 Å². The van der Waals surface area contributed by atoms with E-state index < -0.39 is 11.5 Å². The molecular formula is C18H22N2O3S. The third-order valence-electron chi connectivity index (χ3n) is 3.80. The van der Waals surface area contributed by atoms with E-state index in [1.54, 1.807) is 13.8 Å². The number of carbonyl (C=O) groups is 2. The fourth-order valence-corrected chi connectivity index (χ4v) is 3.53. The third kappa shape index (κ3) is 3.82. The Balaban J connectivity index is 2.27. The highest BCUT2D eigenvalue weighted by atomic mass is 32.1. The van der Waals surface area contributed by atoms with Crippen LogP contribution in [0.1, 0.15) is 42.1 Å². The standard InChI is InChI=1S/C18H22N2O3S/c1-5-11-18(3,17(22)23-4)20-15(21)14-12(2)19-16(24-14)13-9-7-6-8-10-13/h6-10H,5,11H2,1-4H3,(H,20,21). The molecule has 0 saturated carbocycles. The van der Waals surface area contributed by atoms with Crippen molar-refractivity contribution in [3.63, 3.8) is 0 Å². The second kappa shape index (κ2) is 7.57. The number of aromatic nitrogens is 1. The molecular weight excluding hydrogens is 324 g/mol. The van der Waals surface area contributed by atoms with Crippen LogP contribution >= 0.6 is 11.3 Å². The number of hydrogen-bond donors (Lipinski definition) is 1. The fourth-order valence-electron chi connectivity index (χ4n) is 2.56. The van der Waals surface area contributed by atoms with Crippen LogP contribution in [0.5, 0.6) is 0 Å². The number of nitrogens with zero attached hydrogens (tertiary/aromatic N) is 1. The van der Waals surface area contributed by atoms with Crippen molar-refractivity contribution in [2.45, 2.75) is 39.2 Å². The van der Waals surface area contributed by atoms with E-state index in [2.05, 4.69) is 10.3 Å². The minimum absolute atomic E-state index is 0.298. The fraction of sp³-hybridized carbons (Fsp3) is 0.389. The summed E-state index contributed by atoms with van der Waals surface area (Å²) in [6.07, 6.45) is 1.26. The van der Waals surface area contributed by atoms with Crippen molar-refractivity contribution in [1.82, 2.24) is 10.3 Å². The maximum Gasteiger partial charge on any atom is 0.331 e. The van der Waals surface area contributed by atoms with Crippen LogP contribution in [0.3, 0.4) is 0 Å². The minimum atomic E-state index is -1.04. The van der Waals surface area contributed by atoms with Crippen LogP contribution in [0, 0.1) is 6.92 Å².